The van der Waals surface area contributed by atoms with E-state index < -0.39 is 15.1 Å². The number of carboxylic acid groups (broad SMARTS) is 1. The first-order chi connectivity index (χ1) is 13.6. The maximum atomic E-state index is 12.7. The average Bonchev–Trinajstić information content (AvgIpc) is 3.15. The van der Waals surface area contributed by atoms with Crippen molar-refractivity contribution in [3.05, 3.63) is 11.3 Å². The molecule has 3 heterocycles. The first kappa shape index (κ1) is 23.2. The van der Waals surface area contributed by atoms with Crippen LogP contribution in [0.4, 0.5) is 0 Å². The van der Waals surface area contributed by atoms with Crippen molar-refractivity contribution in [1.82, 2.24) is 30.8 Å². The molecule has 0 aromatic carbocycles. The SMILES string of the molecule is CC(Sc1nn[nH]n1)C1=C(C(=O)O)N2C(=O)C(NC(=S)CSC(Cl)(Cl)Cl)[C@@H]2SC1. The molecule has 0 spiro atoms. The number of hydrogen-bond donors (Lipinski definition) is 3. The molecule has 1 fully saturated rings. The summed E-state index contributed by atoms with van der Waals surface area (Å²) < 4.78 is -1.51. The zero-order chi connectivity index (χ0) is 21.3. The number of carbonyl (C=O) groups is 2. The van der Waals surface area contributed by atoms with Crippen LogP contribution >= 0.6 is 82.3 Å². The van der Waals surface area contributed by atoms with E-state index in [1.54, 1.807) is 0 Å². The van der Waals surface area contributed by atoms with E-state index >= 15 is 0 Å². The lowest BCUT2D eigenvalue weighted by Crippen LogP contribution is -2.70. The Kier molecular flexibility index (Phi) is 7.50. The van der Waals surface area contributed by atoms with Gasteiger partial charge in [-0.25, -0.2) is 4.79 Å². The highest BCUT2D eigenvalue weighted by Gasteiger charge is 2.54. The van der Waals surface area contributed by atoms with Gasteiger partial charge in [0.15, 0.2) is 0 Å². The van der Waals surface area contributed by atoms with Crippen LogP contribution in [-0.4, -0.2) is 78.8 Å². The van der Waals surface area contributed by atoms with Gasteiger partial charge in [0.2, 0.25) is 8.28 Å². The number of aromatic nitrogens is 4. The minimum atomic E-state index is -1.51. The second-order valence-corrected chi connectivity index (χ2v) is 12.9. The number of hydrogen-bond acceptors (Lipinski definition) is 9. The van der Waals surface area contributed by atoms with Crippen LogP contribution in [-0.2, 0) is 9.59 Å². The van der Waals surface area contributed by atoms with E-state index in [1.807, 2.05) is 6.92 Å². The van der Waals surface area contributed by atoms with Crippen LogP contribution < -0.4 is 5.32 Å². The number of thiocarbonyl (C=S) groups is 1. The highest BCUT2D eigenvalue weighted by Crippen LogP contribution is 2.43. The molecule has 1 aromatic heterocycles. The Labute approximate surface area is 198 Å². The summed E-state index contributed by atoms with van der Waals surface area (Å²) in [5.74, 6) is -0.865. The molecule has 0 radical (unpaired) electrons. The Morgan fingerprint density at radius 1 is 1.55 bits per heavy atom. The average molecular weight is 536 g/mol. The van der Waals surface area contributed by atoms with E-state index in [0.29, 0.717) is 21.5 Å². The molecule has 3 rings (SSSR count). The number of aromatic amines is 1. The number of H-pyrrole nitrogens is 1. The molecule has 2 aliphatic rings. The third kappa shape index (κ3) is 5.43. The molecule has 1 saturated heterocycles. The highest BCUT2D eigenvalue weighted by atomic mass is 35.6. The number of carbonyl (C=O) groups excluding carboxylic acids is 1. The number of alkyl halides is 3. The fraction of sp³-hybridized carbons (Fsp3) is 0.538. The molecule has 9 nitrogen and oxygen atoms in total. The van der Waals surface area contributed by atoms with E-state index in [-0.39, 0.29) is 28.0 Å². The van der Waals surface area contributed by atoms with Crippen molar-refractivity contribution in [3.8, 4) is 0 Å². The predicted octanol–water partition coefficient (Wildman–Crippen LogP) is 2.28. The molecule has 158 valence electrons. The predicted molar refractivity (Wildman–Crippen MR) is 120 cm³/mol. The van der Waals surface area contributed by atoms with Gasteiger partial charge in [-0.2, -0.15) is 5.21 Å². The number of tetrazole rings is 1. The molecule has 2 unspecified atom stereocenters. The van der Waals surface area contributed by atoms with Gasteiger partial charge in [-0.3, -0.25) is 9.69 Å². The molecular formula is C13H13Cl3N6O3S4. The Hall–Kier alpha value is -0.440. The highest BCUT2D eigenvalue weighted by molar-refractivity contribution is 8.06. The third-order valence-corrected chi connectivity index (χ3v) is 8.49. The van der Waals surface area contributed by atoms with Gasteiger partial charge in [0.25, 0.3) is 5.91 Å². The number of β-lactam (4-membered cyclic amide) rings is 1. The molecule has 3 atom stereocenters. The number of carboxylic acids is 1. The minimum absolute atomic E-state index is 0.0121. The third-order valence-electron chi connectivity index (χ3n) is 3.98. The Balaban J connectivity index is 1.71. The molecule has 0 bridgehead atoms. The van der Waals surface area contributed by atoms with Gasteiger partial charge in [0, 0.05) is 16.8 Å². The molecule has 1 aromatic rings. The number of halogens is 3. The summed E-state index contributed by atoms with van der Waals surface area (Å²) in [5, 5.41) is 26.0. The van der Waals surface area contributed by atoms with Crippen molar-refractivity contribution < 1.29 is 14.7 Å². The van der Waals surface area contributed by atoms with Crippen LogP contribution in [0.3, 0.4) is 0 Å². The van der Waals surface area contributed by atoms with Crippen molar-refractivity contribution in [2.75, 3.05) is 11.5 Å². The molecule has 16 heteroatoms. The topological polar surface area (TPSA) is 124 Å². The van der Waals surface area contributed by atoms with Gasteiger partial charge in [-0.1, -0.05) is 70.5 Å². The zero-order valence-corrected chi connectivity index (χ0v) is 20.0. The molecule has 3 N–H and O–H groups in total. The molecular weight excluding hydrogens is 523 g/mol. The number of thioether (sulfide) groups is 3. The Bertz CT molecular complexity index is 849. The largest absolute Gasteiger partial charge is 0.477 e. The first-order valence-electron chi connectivity index (χ1n) is 7.89. The fourth-order valence-electron chi connectivity index (χ4n) is 2.75. The fourth-order valence-corrected chi connectivity index (χ4v) is 6.33. The quantitative estimate of drug-likeness (QED) is 0.206. The maximum absolute atomic E-state index is 12.7. The van der Waals surface area contributed by atoms with Gasteiger partial charge in [0.05, 0.1) is 4.99 Å². The van der Waals surface area contributed by atoms with Gasteiger partial charge >= 0.3 is 5.97 Å². The number of nitrogens with one attached hydrogen (secondary N) is 2. The van der Waals surface area contributed by atoms with E-state index in [1.165, 1.54) is 28.4 Å². The summed E-state index contributed by atoms with van der Waals surface area (Å²) in [7, 11) is 0. The van der Waals surface area contributed by atoms with E-state index in [9.17, 15) is 14.7 Å². The van der Waals surface area contributed by atoms with Gasteiger partial charge in [-0.05, 0) is 17.7 Å². The van der Waals surface area contributed by atoms with Gasteiger partial charge in [-0.15, -0.1) is 22.0 Å². The Morgan fingerprint density at radius 2 is 2.28 bits per heavy atom. The van der Waals surface area contributed by atoms with Crippen molar-refractivity contribution in [3.63, 3.8) is 0 Å². The van der Waals surface area contributed by atoms with Crippen LogP contribution in [0.5, 0.6) is 0 Å². The van der Waals surface area contributed by atoms with E-state index in [0.717, 1.165) is 11.8 Å². The summed E-state index contributed by atoms with van der Waals surface area (Å²) in [6.45, 7) is 1.84. The number of rotatable bonds is 7. The van der Waals surface area contributed by atoms with E-state index in [4.69, 9.17) is 47.0 Å². The van der Waals surface area contributed by atoms with Gasteiger partial charge < -0.3 is 10.4 Å². The smallest absolute Gasteiger partial charge is 0.352 e. The minimum Gasteiger partial charge on any atom is -0.477 e. The second kappa shape index (κ2) is 9.37. The van der Waals surface area contributed by atoms with E-state index in [2.05, 4.69) is 25.9 Å². The molecule has 29 heavy (non-hydrogen) atoms. The van der Waals surface area contributed by atoms with Crippen molar-refractivity contribution in [2.45, 2.75) is 31.9 Å². The summed E-state index contributed by atoms with van der Waals surface area (Å²) in [6, 6.07) is -0.625. The normalized spacial score (nSPS) is 22.8. The molecule has 0 saturated carbocycles. The summed E-state index contributed by atoms with van der Waals surface area (Å²) in [5.41, 5.74) is 0.608. The number of nitrogens with zero attached hydrogens (tertiary/aromatic N) is 4. The number of fused-ring (bicyclic) bond motifs is 1. The maximum Gasteiger partial charge on any atom is 0.352 e. The van der Waals surface area contributed by atoms with Crippen LogP contribution in [0.25, 0.3) is 0 Å². The molecule has 1 amide bonds. The lowest BCUT2D eigenvalue weighted by atomic mass is 10.0. The van der Waals surface area contributed by atoms with Crippen molar-refractivity contribution >= 4 is 99.2 Å². The zero-order valence-electron chi connectivity index (χ0n) is 14.5. The molecule has 0 aliphatic carbocycles. The van der Waals surface area contributed by atoms with Crippen LogP contribution in [0.15, 0.2) is 16.4 Å². The number of amides is 1. The number of aliphatic carboxylic acids is 1. The van der Waals surface area contributed by atoms with Crippen LogP contribution in [0.1, 0.15) is 6.92 Å². The summed E-state index contributed by atoms with van der Waals surface area (Å²) in [6.07, 6.45) is 0. The van der Waals surface area contributed by atoms with Crippen molar-refractivity contribution in [2.24, 2.45) is 0 Å². The first-order valence-corrected chi connectivity index (χ1v) is 12.3. The monoisotopic (exact) mass is 534 g/mol. The standard InChI is InChI=1S/C13H13Cl3N6O3S4/c1-4(29-12-18-20-21-19-12)5-2-27-10-7(9(23)22(10)8(5)11(24)25)17-6(26)3-28-13(14,15)16/h4,7,10H,2-3H2,1H3,(H,17,26)(H,24,25)(H,18,19,20,21)/t4?,7?,10-/m0/s1. The van der Waals surface area contributed by atoms with Gasteiger partial charge in [0.1, 0.15) is 17.1 Å². The Morgan fingerprint density at radius 3 is 2.86 bits per heavy atom. The van der Waals surface area contributed by atoms with Crippen LogP contribution in [0.2, 0.25) is 0 Å². The molecule has 2 aliphatic heterocycles. The lowest BCUT2D eigenvalue weighted by molar-refractivity contribution is -0.148. The lowest BCUT2D eigenvalue weighted by Gasteiger charge is -2.50. The van der Waals surface area contributed by atoms with Crippen LogP contribution in [0, 0.1) is 0 Å². The summed E-state index contributed by atoms with van der Waals surface area (Å²) in [4.78, 5) is 26.3. The second-order valence-electron chi connectivity index (χ2n) is 5.82. The summed E-state index contributed by atoms with van der Waals surface area (Å²) >= 11 is 26.0. The van der Waals surface area contributed by atoms with Crippen molar-refractivity contribution in [1.29, 1.82) is 0 Å².